The van der Waals surface area contributed by atoms with Crippen LogP contribution in [0.25, 0.3) is 0 Å². The summed E-state index contributed by atoms with van der Waals surface area (Å²) in [5.41, 5.74) is 2.28. The van der Waals surface area contributed by atoms with Crippen LogP contribution >= 0.6 is 0 Å². The van der Waals surface area contributed by atoms with Crippen LogP contribution in [0, 0.1) is 0 Å². The number of hydrogen-bond acceptors (Lipinski definition) is 4. The summed E-state index contributed by atoms with van der Waals surface area (Å²) in [5.74, 6) is -0.994. The van der Waals surface area contributed by atoms with E-state index >= 15 is 0 Å². The van der Waals surface area contributed by atoms with E-state index in [2.05, 4.69) is 14.9 Å². The molecule has 0 aliphatic rings. The minimum Gasteiger partial charge on any atom is -0.477 e. The van der Waals surface area contributed by atoms with Gasteiger partial charge in [0.15, 0.2) is 0 Å². The predicted octanol–water partition coefficient (Wildman–Crippen LogP) is 1.85. The van der Waals surface area contributed by atoms with E-state index in [-0.39, 0.29) is 5.69 Å². The fraction of sp³-hybridized carbons (Fsp3) is 0.267. The van der Waals surface area contributed by atoms with E-state index in [1.807, 2.05) is 25.2 Å². The first-order valence-corrected chi connectivity index (χ1v) is 6.41. The summed E-state index contributed by atoms with van der Waals surface area (Å²) in [6.45, 7) is 1.60. The van der Waals surface area contributed by atoms with Gasteiger partial charge in [-0.25, -0.2) is 9.78 Å². The second-order valence-corrected chi connectivity index (χ2v) is 4.70. The van der Waals surface area contributed by atoms with E-state index in [1.165, 1.54) is 11.8 Å². The van der Waals surface area contributed by atoms with Crippen LogP contribution in [-0.4, -0.2) is 39.5 Å². The number of likely N-dealkylation sites (N-methyl/N-ethyl adjacent to an activating group) is 1. The lowest BCUT2D eigenvalue weighted by atomic mass is 10.2. The second-order valence-electron chi connectivity index (χ2n) is 4.70. The Morgan fingerprint density at radius 1 is 1.20 bits per heavy atom. The van der Waals surface area contributed by atoms with Crippen LogP contribution in [0.4, 0.5) is 0 Å². The monoisotopic (exact) mass is 271 g/mol. The molecule has 2 aromatic rings. The minimum atomic E-state index is -0.994. The Bertz CT molecular complexity index is 572. The molecule has 0 saturated heterocycles. The largest absolute Gasteiger partial charge is 0.477 e. The van der Waals surface area contributed by atoms with Gasteiger partial charge >= 0.3 is 5.97 Å². The zero-order chi connectivity index (χ0) is 14.4. The van der Waals surface area contributed by atoms with Crippen molar-refractivity contribution in [1.29, 1.82) is 0 Å². The fourth-order valence-corrected chi connectivity index (χ4v) is 1.95. The molecule has 0 atom stereocenters. The van der Waals surface area contributed by atoms with E-state index in [0.717, 1.165) is 18.5 Å². The summed E-state index contributed by atoms with van der Waals surface area (Å²) < 4.78 is 0. The van der Waals surface area contributed by atoms with Crippen molar-refractivity contribution < 1.29 is 9.90 Å². The Morgan fingerprint density at radius 2 is 1.90 bits per heavy atom. The molecule has 0 aromatic carbocycles. The number of nitrogens with zero attached hydrogens (tertiary/aromatic N) is 3. The third-order valence-corrected chi connectivity index (χ3v) is 3.03. The molecule has 104 valence electrons. The molecule has 0 fully saturated rings. The molecule has 5 nitrogen and oxygen atoms in total. The van der Waals surface area contributed by atoms with Crippen molar-refractivity contribution in [2.75, 3.05) is 13.6 Å². The number of carboxylic acids is 1. The highest BCUT2D eigenvalue weighted by Crippen LogP contribution is 2.06. The molecular weight excluding hydrogens is 254 g/mol. The average Bonchev–Trinajstić information content (AvgIpc) is 2.46. The third kappa shape index (κ3) is 4.13. The second kappa shape index (κ2) is 6.77. The molecule has 2 rings (SSSR count). The molecule has 0 spiro atoms. The van der Waals surface area contributed by atoms with E-state index in [4.69, 9.17) is 5.11 Å². The number of rotatable bonds is 6. The molecule has 1 N–H and O–H groups in total. The number of hydrogen-bond donors (Lipinski definition) is 1. The van der Waals surface area contributed by atoms with Gasteiger partial charge in [-0.1, -0.05) is 0 Å². The van der Waals surface area contributed by atoms with Crippen LogP contribution in [-0.2, 0) is 13.0 Å². The van der Waals surface area contributed by atoms with Crippen molar-refractivity contribution in [3.8, 4) is 0 Å². The number of aromatic carboxylic acids is 1. The third-order valence-electron chi connectivity index (χ3n) is 3.03. The Balaban J connectivity index is 1.89. The lowest BCUT2D eigenvalue weighted by Gasteiger charge is -2.16. The fourth-order valence-electron chi connectivity index (χ4n) is 1.95. The Labute approximate surface area is 117 Å². The maximum Gasteiger partial charge on any atom is 0.354 e. The first kappa shape index (κ1) is 14.1. The van der Waals surface area contributed by atoms with Crippen LogP contribution in [0.5, 0.6) is 0 Å². The molecule has 0 radical (unpaired) electrons. The van der Waals surface area contributed by atoms with Crippen molar-refractivity contribution in [3.05, 3.63) is 59.7 Å². The van der Waals surface area contributed by atoms with Crippen molar-refractivity contribution >= 4 is 5.97 Å². The molecule has 0 aliphatic carbocycles. The SMILES string of the molecule is CN(CCc1ccncc1)Cc1ccnc(C(=O)O)c1. The highest BCUT2D eigenvalue weighted by molar-refractivity contribution is 5.85. The van der Waals surface area contributed by atoms with Gasteiger partial charge in [0, 0.05) is 31.7 Å². The summed E-state index contributed by atoms with van der Waals surface area (Å²) in [7, 11) is 2.02. The van der Waals surface area contributed by atoms with Crippen LogP contribution in [0.15, 0.2) is 42.9 Å². The highest BCUT2D eigenvalue weighted by atomic mass is 16.4. The topological polar surface area (TPSA) is 66.3 Å². The molecule has 0 saturated carbocycles. The van der Waals surface area contributed by atoms with Gasteiger partial charge < -0.3 is 10.0 Å². The van der Waals surface area contributed by atoms with Gasteiger partial charge in [0.25, 0.3) is 0 Å². The standard InChI is InChI=1S/C15H17N3O2/c1-18(9-5-12-2-6-16-7-3-12)11-13-4-8-17-14(10-13)15(19)20/h2-4,6-8,10H,5,9,11H2,1H3,(H,19,20). The Hall–Kier alpha value is -2.27. The van der Waals surface area contributed by atoms with Gasteiger partial charge in [-0.15, -0.1) is 0 Å². The number of carboxylic acid groups (broad SMARTS) is 1. The maximum atomic E-state index is 10.9. The smallest absolute Gasteiger partial charge is 0.354 e. The summed E-state index contributed by atoms with van der Waals surface area (Å²) in [4.78, 5) is 20.8. The molecule has 5 heteroatoms. The summed E-state index contributed by atoms with van der Waals surface area (Å²) >= 11 is 0. The van der Waals surface area contributed by atoms with Gasteiger partial charge in [-0.2, -0.15) is 0 Å². The van der Waals surface area contributed by atoms with Crippen molar-refractivity contribution in [2.45, 2.75) is 13.0 Å². The van der Waals surface area contributed by atoms with Gasteiger partial charge in [0.1, 0.15) is 5.69 Å². The molecule has 0 aliphatic heterocycles. The molecule has 2 heterocycles. The van der Waals surface area contributed by atoms with Gasteiger partial charge in [-0.05, 0) is 48.9 Å². The maximum absolute atomic E-state index is 10.9. The highest BCUT2D eigenvalue weighted by Gasteiger charge is 2.07. The Morgan fingerprint density at radius 3 is 2.60 bits per heavy atom. The van der Waals surface area contributed by atoms with E-state index in [9.17, 15) is 4.79 Å². The summed E-state index contributed by atoms with van der Waals surface area (Å²) in [5, 5.41) is 8.91. The molecule has 0 bridgehead atoms. The van der Waals surface area contributed by atoms with Crippen LogP contribution in [0.2, 0.25) is 0 Å². The van der Waals surface area contributed by atoms with Crippen molar-refractivity contribution in [2.24, 2.45) is 0 Å². The van der Waals surface area contributed by atoms with E-state index in [0.29, 0.717) is 6.54 Å². The average molecular weight is 271 g/mol. The van der Waals surface area contributed by atoms with Crippen molar-refractivity contribution in [3.63, 3.8) is 0 Å². The minimum absolute atomic E-state index is 0.0880. The number of aromatic nitrogens is 2. The molecular formula is C15H17N3O2. The van der Waals surface area contributed by atoms with Crippen LogP contribution in [0.1, 0.15) is 21.6 Å². The van der Waals surface area contributed by atoms with Gasteiger partial charge in [0.05, 0.1) is 0 Å². The lowest BCUT2D eigenvalue weighted by molar-refractivity contribution is 0.0690. The van der Waals surface area contributed by atoms with Gasteiger partial charge in [0.2, 0.25) is 0 Å². The lowest BCUT2D eigenvalue weighted by Crippen LogP contribution is -2.21. The quantitative estimate of drug-likeness (QED) is 0.868. The van der Waals surface area contributed by atoms with Crippen molar-refractivity contribution in [1.82, 2.24) is 14.9 Å². The number of carbonyl (C=O) groups is 1. The van der Waals surface area contributed by atoms with Crippen LogP contribution < -0.4 is 0 Å². The molecule has 0 amide bonds. The number of pyridine rings is 2. The zero-order valence-electron chi connectivity index (χ0n) is 11.4. The summed E-state index contributed by atoms with van der Waals surface area (Å²) in [6, 6.07) is 7.46. The van der Waals surface area contributed by atoms with E-state index in [1.54, 1.807) is 18.5 Å². The first-order valence-electron chi connectivity index (χ1n) is 6.41. The van der Waals surface area contributed by atoms with E-state index < -0.39 is 5.97 Å². The normalized spacial score (nSPS) is 10.7. The van der Waals surface area contributed by atoms with Gasteiger partial charge in [-0.3, -0.25) is 4.98 Å². The molecule has 0 unspecified atom stereocenters. The molecule has 2 aromatic heterocycles. The zero-order valence-corrected chi connectivity index (χ0v) is 11.4. The predicted molar refractivity (Wildman–Crippen MR) is 75.5 cm³/mol. The van der Waals surface area contributed by atoms with Crippen LogP contribution in [0.3, 0.4) is 0 Å². The molecule has 20 heavy (non-hydrogen) atoms. The summed E-state index contributed by atoms with van der Waals surface area (Å²) in [6.07, 6.45) is 6.06. The first-order chi connectivity index (χ1) is 9.65. The Kier molecular flexibility index (Phi) is 4.79.